The van der Waals surface area contributed by atoms with Gasteiger partial charge in [-0.25, -0.2) is 0 Å². The van der Waals surface area contributed by atoms with Gasteiger partial charge in [-0.05, 0) is 59.4 Å². The van der Waals surface area contributed by atoms with E-state index in [0.717, 1.165) is 12.3 Å². The molecule has 0 spiro atoms. The molecule has 0 N–H and O–H groups in total. The molecule has 138 valence electrons. The zero-order chi connectivity index (χ0) is 16.9. The van der Waals surface area contributed by atoms with Crippen LogP contribution in [0.1, 0.15) is 12.8 Å². The normalized spacial score (nSPS) is 23.0. The van der Waals surface area contributed by atoms with Crippen molar-refractivity contribution in [2.24, 2.45) is 0 Å². The topological polar surface area (TPSA) is 13.0 Å². The SMILES string of the molecule is CSCCN1CCCN(C)CCN(CCS)CCCN(C)CC1. The summed E-state index contributed by atoms with van der Waals surface area (Å²) in [5, 5.41) is 0. The van der Waals surface area contributed by atoms with Crippen LogP contribution < -0.4 is 0 Å². The largest absolute Gasteiger partial charge is 0.305 e. The Kier molecular flexibility index (Phi) is 12.9. The Balaban J connectivity index is 2.49. The maximum Gasteiger partial charge on any atom is 0.0110 e. The second-order valence-electron chi connectivity index (χ2n) is 6.71. The van der Waals surface area contributed by atoms with Crippen LogP contribution in [0.5, 0.6) is 0 Å². The Bertz CT molecular complexity index is 281. The number of likely N-dealkylation sites (N-methyl/N-ethyl adjacent to an activating group) is 2. The summed E-state index contributed by atoms with van der Waals surface area (Å²) in [7, 11) is 4.54. The number of rotatable bonds is 5. The lowest BCUT2D eigenvalue weighted by atomic mass is 10.3. The molecule has 0 radical (unpaired) electrons. The monoisotopic (exact) mass is 362 g/mol. The van der Waals surface area contributed by atoms with Gasteiger partial charge in [0, 0.05) is 50.8 Å². The minimum atomic E-state index is 0.962. The lowest BCUT2D eigenvalue weighted by molar-refractivity contribution is 0.186. The van der Waals surface area contributed by atoms with Crippen LogP contribution in [0, 0.1) is 0 Å². The number of thiol groups is 1. The van der Waals surface area contributed by atoms with Gasteiger partial charge in [-0.1, -0.05) is 0 Å². The molecule has 0 aromatic rings. The standard InChI is InChI=1S/C17H38N4S2/c1-18-7-5-9-21(15-17-23-3)13-11-19(2)6-4-8-20(12-10-18)14-16-22/h22H,4-17H2,1-3H3. The third-order valence-corrected chi connectivity index (χ3v) is 5.44. The molecule has 0 aromatic heterocycles. The molecule has 0 unspecified atom stereocenters. The fourth-order valence-electron chi connectivity index (χ4n) is 3.01. The minimum Gasteiger partial charge on any atom is -0.305 e. The third-order valence-electron chi connectivity index (χ3n) is 4.65. The summed E-state index contributed by atoms with van der Waals surface area (Å²) in [5.74, 6) is 2.21. The third kappa shape index (κ3) is 10.9. The Morgan fingerprint density at radius 1 is 0.739 bits per heavy atom. The summed E-state index contributed by atoms with van der Waals surface area (Å²) in [4.78, 5) is 10.2. The molecule has 6 heteroatoms. The molecule has 0 bridgehead atoms. The number of hydrogen-bond acceptors (Lipinski definition) is 6. The van der Waals surface area contributed by atoms with Crippen LogP contribution in [0.25, 0.3) is 0 Å². The van der Waals surface area contributed by atoms with Crippen molar-refractivity contribution in [3.05, 3.63) is 0 Å². The summed E-state index contributed by atoms with van der Waals surface area (Å²) in [5.41, 5.74) is 0. The van der Waals surface area contributed by atoms with E-state index in [1.54, 1.807) is 0 Å². The Morgan fingerprint density at radius 3 is 1.74 bits per heavy atom. The molecular weight excluding hydrogens is 324 g/mol. The van der Waals surface area contributed by atoms with E-state index in [1.165, 1.54) is 77.5 Å². The molecular formula is C17H38N4S2. The maximum atomic E-state index is 4.42. The van der Waals surface area contributed by atoms with E-state index in [0.29, 0.717) is 0 Å². The van der Waals surface area contributed by atoms with E-state index in [-0.39, 0.29) is 0 Å². The molecule has 4 nitrogen and oxygen atoms in total. The first-order valence-corrected chi connectivity index (χ1v) is 11.1. The molecule has 23 heavy (non-hydrogen) atoms. The Morgan fingerprint density at radius 2 is 1.26 bits per heavy atom. The van der Waals surface area contributed by atoms with Crippen molar-refractivity contribution < 1.29 is 0 Å². The molecule has 1 heterocycles. The van der Waals surface area contributed by atoms with Crippen LogP contribution in [-0.2, 0) is 0 Å². The van der Waals surface area contributed by atoms with Crippen LogP contribution in [-0.4, -0.2) is 117 Å². The predicted octanol–water partition coefficient (Wildman–Crippen LogP) is 1.54. The number of thioether (sulfide) groups is 1. The summed E-state index contributed by atoms with van der Waals surface area (Å²) in [6.07, 6.45) is 4.75. The zero-order valence-electron chi connectivity index (χ0n) is 15.5. The number of nitrogens with zero attached hydrogens (tertiary/aromatic N) is 4. The molecule has 0 amide bonds. The van der Waals surface area contributed by atoms with Crippen molar-refractivity contribution in [3.63, 3.8) is 0 Å². The van der Waals surface area contributed by atoms with Gasteiger partial charge in [-0.3, -0.25) is 0 Å². The van der Waals surface area contributed by atoms with Gasteiger partial charge in [0.15, 0.2) is 0 Å². The van der Waals surface area contributed by atoms with Crippen molar-refractivity contribution in [1.29, 1.82) is 0 Å². The van der Waals surface area contributed by atoms with Gasteiger partial charge in [0.2, 0.25) is 0 Å². The second-order valence-corrected chi connectivity index (χ2v) is 8.15. The van der Waals surface area contributed by atoms with Gasteiger partial charge in [0.05, 0.1) is 0 Å². The van der Waals surface area contributed by atoms with Gasteiger partial charge >= 0.3 is 0 Å². The van der Waals surface area contributed by atoms with Crippen molar-refractivity contribution in [2.75, 3.05) is 97.3 Å². The van der Waals surface area contributed by atoms with E-state index >= 15 is 0 Å². The van der Waals surface area contributed by atoms with E-state index in [1.807, 2.05) is 11.8 Å². The number of hydrogen-bond donors (Lipinski definition) is 1. The van der Waals surface area contributed by atoms with Crippen LogP contribution in [0.4, 0.5) is 0 Å². The summed E-state index contributed by atoms with van der Waals surface area (Å²) < 4.78 is 0. The molecule has 1 rings (SSSR count). The van der Waals surface area contributed by atoms with Crippen molar-refractivity contribution in [3.8, 4) is 0 Å². The van der Waals surface area contributed by atoms with Crippen molar-refractivity contribution >= 4 is 24.4 Å². The Labute approximate surface area is 154 Å². The van der Waals surface area contributed by atoms with E-state index < -0.39 is 0 Å². The molecule has 1 aliphatic rings. The smallest absolute Gasteiger partial charge is 0.0110 e. The van der Waals surface area contributed by atoms with Crippen LogP contribution >= 0.6 is 24.4 Å². The first-order valence-electron chi connectivity index (χ1n) is 9.07. The minimum absolute atomic E-state index is 0.962. The summed E-state index contributed by atoms with van der Waals surface area (Å²) in [6.45, 7) is 11.9. The fraction of sp³-hybridized carbons (Fsp3) is 1.00. The molecule has 0 aliphatic carbocycles. The lowest BCUT2D eigenvalue weighted by Gasteiger charge is -2.29. The van der Waals surface area contributed by atoms with E-state index in [4.69, 9.17) is 0 Å². The van der Waals surface area contributed by atoms with E-state index in [2.05, 4.69) is 52.6 Å². The fourth-order valence-corrected chi connectivity index (χ4v) is 3.73. The summed E-state index contributed by atoms with van der Waals surface area (Å²) >= 11 is 6.37. The van der Waals surface area contributed by atoms with Gasteiger partial charge in [0.1, 0.15) is 0 Å². The highest BCUT2D eigenvalue weighted by Crippen LogP contribution is 2.02. The quantitative estimate of drug-likeness (QED) is 0.743. The first kappa shape index (κ1) is 21.6. The maximum absolute atomic E-state index is 4.42. The van der Waals surface area contributed by atoms with Gasteiger partial charge in [0.25, 0.3) is 0 Å². The van der Waals surface area contributed by atoms with Gasteiger partial charge < -0.3 is 19.6 Å². The molecule has 1 fully saturated rings. The second kappa shape index (κ2) is 13.8. The molecule has 0 saturated carbocycles. The molecule has 1 aliphatic heterocycles. The van der Waals surface area contributed by atoms with Gasteiger partial charge in [-0.15, -0.1) is 0 Å². The Hall–Kier alpha value is 0.540. The van der Waals surface area contributed by atoms with E-state index in [9.17, 15) is 0 Å². The molecule has 1 saturated heterocycles. The highest BCUT2D eigenvalue weighted by molar-refractivity contribution is 7.98. The highest BCUT2D eigenvalue weighted by atomic mass is 32.2. The van der Waals surface area contributed by atoms with Crippen molar-refractivity contribution in [1.82, 2.24) is 19.6 Å². The van der Waals surface area contributed by atoms with Crippen LogP contribution in [0.2, 0.25) is 0 Å². The van der Waals surface area contributed by atoms with Crippen molar-refractivity contribution in [2.45, 2.75) is 12.8 Å². The zero-order valence-corrected chi connectivity index (χ0v) is 17.3. The lowest BCUT2D eigenvalue weighted by Crippen LogP contribution is -2.40. The summed E-state index contributed by atoms with van der Waals surface area (Å²) in [6, 6.07) is 0. The highest BCUT2D eigenvalue weighted by Gasteiger charge is 2.11. The van der Waals surface area contributed by atoms with Crippen LogP contribution in [0.15, 0.2) is 0 Å². The van der Waals surface area contributed by atoms with Crippen LogP contribution in [0.3, 0.4) is 0 Å². The first-order chi connectivity index (χ1) is 11.2. The molecule has 0 atom stereocenters. The van der Waals surface area contributed by atoms with Gasteiger partial charge in [-0.2, -0.15) is 24.4 Å². The predicted molar refractivity (Wildman–Crippen MR) is 109 cm³/mol. The average Bonchev–Trinajstić information content (AvgIpc) is 2.54. The molecule has 0 aromatic carbocycles. The average molecular weight is 363 g/mol.